The molecule has 0 saturated carbocycles. The molecular weight excluding hydrogens is 482 g/mol. The molecule has 0 bridgehead atoms. The van der Waals surface area contributed by atoms with Gasteiger partial charge in [0, 0.05) is 10.7 Å². The van der Waals surface area contributed by atoms with Crippen LogP contribution in [0.3, 0.4) is 0 Å². The maximum absolute atomic E-state index is 13.4. The Morgan fingerprint density at radius 2 is 1.61 bits per heavy atom. The lowest BCUT2D eigenvalue weighted by atomic mass is 9.94. The molecule has 1 atom stereocenters. The highest BCUT2D eigenvalue weighted by molar-refractivity contribution is 6.51. The van der Waals surface area contributed by atoms with Crippen molar-refractivity contribution >= 4 is 34.7 Å². The van der Waals surface area contributed by atoms with Crippen LogP contribution >= 0.6 is 11.6 Å². The predicted molar refractivity (Wildman–Crippen MR) is 138 cm³/mol. The molecule has 1 fully saturated rings. The molecule has 3 aromatic carbocycles. The second kappa shape index (κ2) is 10.3. The Balaban J connectivity index is 2.00. The minimum Gasteiger partial charge on any atom is -0.507 e. The highest BCUT2D eigenvalue weighted by Gasteiger charge is 2.47. The van der Waals surface area contributed by atoms with Crippen LogP contribution in [0.5, 0.6) is 17.2 Å². The molecule has 36 heavy (non-hydrogen) atoms. The van der Waals surface area contributed by atoms with Gasteiger partial charge in [-0.2, -0.15) is 0 Å². The summed E-state index contributed by atoms with van der Waals surface area (Å²) in [5.41, 5.74) is 2.11. The van der Waals surface area contributed by atoms with E-state index in [0.717, 1.165) is 5.56 Å². The maximum Gasteiger partial charge on any atom is 0.300 e. The zero-order valence-corrected chi connectivity index (χ0v) is 21.1. The maximum atomic E-state index is 13.4. The molecule has 186 valence electrons. The van der Waals surface area contributed by atoms with E-state index in [0.29, 0.717) is 45.7 Å². The summed E-state index contributed by atoms with van der Waals surface area (Å²) in [5, 5.41) is 12.0. The predicted octanol–water partition coefficient (Wildman–Crippen LogP) is 5.69. The lowest BCUT2D eigenvalue weighted by molar-refractivity contribution is -0.132. The molecular formula is C28H26ClNO6. The number of hydrogen-bond donors (Lipinski definition) is 1. The van der Waals surface area contributed by atoms with Gasteiger partial charge in [0.25, 0.3) is 11.7 Å². The Labute approximate surface area is 214 Å². The van der Waals surface area contributed by atoms with Gasteiger partial charge in [0.15, 0.2) is 11.5 Å². The summed E-state index contributed by atoms with van der Waals surface area (Å²) in [6.45, 7) is 4.09. The van der Waals surface area contributed by atoms with Crippen molar-refractivity contribution in [3.63, 3.8) is 0 Å². The van der Waals surface area contributed by atoms with Gasteiger partial charge in [-0.1, -0.05) is 29.3 Å². The number of carbonyl (C=O) groups is 2. The number of benzene rings is 3. The number of ketones is 1. The first-order valence-corrected chi connectivity index (χ1v) is 11.7. The fourth-order valence-corrected chi connectivity index (χ4v) is 4.43. The standard InChI is InChI=1S/C28H26ClNO6/c1-5-36-23-15-17(7-13-22(23)35-4)25-24(26(31)20-14-16(2)6-12-21(20)34-3)27(32)28(33)30(25)19-10-8-18(29)9-11-19/h6-15,25,31H,5H2,1-4H3/b26-24+. The number of halogens is 1. The van der Waals surface area contributed by atoms with Crippen LogP contribution in [0, 0.1) is 6.92 Å². The SMILES string of the molecule is CCOc1cc(C2/C(=C(\O)c3cc(C)ccc3OC)C(=O)C(=O)N2c2ccc(Cl)cc2)ccc1OC. The molecule has 0 aromatic heterocycles. The van der Waals surface area contributed by atoms with E-state index in [-0.39, 0.29) is 11.3 Å². The topological polar surface area (TPSA) is 85.3 Å². The van der Waals surface area contributed by atoms with E-state index in [1.807, 2.05) is 19.9 Å². The van der Waals surface area contributed by atoms with E-state index in [9.17, 15) is 14.7 Å². The van der Waals surface area contributed by atoms with Crippen molar-refractivity contribution in [1.82, 2.24) is 0 Å². The fraction of sp³-hybridized carbons (Fsp3) is 0.214. The first-order valence-electron chi connectivity index (χ1n) is 11.3. The van der Waals surface area contributed by atoms with Gasteiger partial charge in [-0.25, -0.2) is 0 Å². The third-order valence-corrected chi connectivity index (χ3v) is 6.21. The lowest BCUT2D eigenvalue weighted by Crippen LogP contribution is -2.29. The van der Waals surface area contributed by atoms with Gasteiger partial charge >= 0.3 is 0 Å². The molecule has 8 heteroatoms. The third-order valence-electron chi connectivity index (χ3n) is 5.96. The van der Waals surface area contributed by atoms with Crippen molar-refractivity contribution in [3.05, 3.63) is 87.9 Å². The molecule has 1 unspecified atom stereocenters. The van der Waals surface area contributed by atoms with Crippen LogP contribution in [0.1, 0.15) is 29.7 Å². The normalized spacial score (nSPS) is 16.8. The van der Waals surface area contributed by atoms with Gasteiger partial charge in [0.2, 0.25) is 0 Å². The number of nitrogens with zero attached hydrogens (tertiary/aromatic N) is 1. The highest BCUT2D eigenvalue weighted by atomic mass is 35.5. The quantitative estimate of drug-likeness (QED) is 0.251. The third kappa shape index (κ3) is 4.50. The number of ether oxygens (including phenoxy) is 3. The minimum atomic E-state index is -0.943. The molecule has 4 rings (SSSR count). The largest absolute Gasteiger partial charge is 0.507 e. The number of hydrogen-bond acceptors (Lipinski definition) is 6. The number of aliphatic hydroxyl groups is 1. The van der Waals surface area contributed by atoms with Crippen LogP contribution in [-0.2, 0) is 9.59 Å². The summed E-state index contributed by atoms with van der Waals surface area (Å²) in [7, 11) is 3.00. The highest BCUT2D eigenvalue weighted by Crippen LogP contribution is 2.45. The zero-order valence-electron chi connectivity index (χ0n) is 20.4. The van der Waals surface area contributed by atoms with Crippen LogP contribution in [-0.4, -0.2) is 37.6 Å². The number of aliphatic hydroxyl groups excluding tert-OH is 1. The molecule has 1 N–H and O–H groups in total. The van der Waals surface area contributed by atoms with Crippen molar-refractivity contribution in [2.45, 2.75) is 19.9 Å². The zero-order chi connectivity index (χ0) is 26.0. The van der Waals surface area contributed by atoms with Crippen molar-refractivity contribution in [2.24, 2.45) is 0 Å². The first-order chi connectivity index (χ1) is 17.3. The average Bonchev–Trinajstić information content (AvgIpc) is 3.14. The van der Waals surface area contributed by atoms with E-state index in [1.54, 1.807) is 54.6 Å². The van der Waals surface area contributed by atoms with Crippen LogP contribution in [0.25, 0.3) is 5.76 Å². The summed E-state index contributed by atoms with van der Waals surface area (Å²) >= 11 is 6.07. The van der Waals surface area contributed by atoms with Crippen LogP contribution in [0.4, 0.5) is 5.69 Å². The Morgan fingerprint density at radius 1 is 0.944 bits per heavy atom. The van der Waals surface area contributed by atoms with Crippen molar-refractivity contribution in [1.29, 1.82) is 0 Å². The van der Waals surface area contributed by atoms with Crippen LogP contribution in [0.15, 0.2) is 66.2 Å². The summed E-state index contributed by atoms with van der Waals surface area (Å²) in [5.74, 6) is -0.589. The molecule has 1 aliphatic heterocycles. The molecule has 1 saturated heterocycles. The van der Waals surface area contributed by atoms with Crippen molar-refractivity contribution in [2.75, 3.05) is 25.7 Å². The van der Waals surface area contributed by atoms with Gasteiger partial charge < -0.3 is 19.3 Å². The van der Waals surface area contributed by atoms with Gasteiger partial charge in [0.1, 0.15) is 11.5 Å². The van der Waals surface area contributed by atoms with Crippen molar-refractivity contribution < 1.29 is 28.9 Å². The van der Waals surface area contributed by atoms with Gasteiger partial charge in [-0.05, 0) is 67.9 Å². The Kier molecular flexibility index (Phi) is 7.22. The molecule has 0 spiro atoms. The van der Waals surface area contributed by atoms with E-state index < -0.39 is 17.7 Å². The summed E-state index contributed by atoms with van der Waals surface area (Å²) in [4.78, 5) is 28.2. The van der Waals surface area contributed by atoms with Crippen molar-refractivity contribution in [3.8, 4) is 17.2 Å². The average molecular weight is 508 g/mol. The van der Waals surface area contributed by atoms with E-state index >= 15 is 0 Å². The number of amides is 1. The number of Topliss-reactive ketones (excluding diaryl/α,β-unsaturated/α-hetero) is 1. The number of carbonyl (C=O) groups excluding carboxylic acids is 2. The van der Waals surface area contributed by atoms with E-state index in [1.165, 1.54) is 19.1 Å². The molecule has 7 nitrogen and oxygen atoms in total. The summed E-state index contributed by atoms with van der Waals surface area (Å²) in [6, 6.07) is 16.0. The summed E-state index contributed by atoms with van der Waals surface area (Å²) < 4.78 is 16.6. The van der Waals surface area contributed by atoms with E-state index in [4.69, 9.17) is 25.8 Å². The van der Waals surface area contributed by atoms with Gasteiger partial charge in [-0.3, -0.25) is 14.5 Å². The smallest absolute Gasteiger partial charge is 0.300 e. The van der Waals surface area contributed by atoms with Crippen LogP contribution < -0.4 is 19.1 Å². The molecule has 0 aliphatic carbocycles. The summed E-state index contributed by atoms with van der Waals surface area (Å²) in [6.07, 6.45) is 0. The fourth-order valence-electron chi connectivity index (χ4n) is 4.30. The minimum absolute atomic E-state index is 0.0635. The number of anilines is 1. The van der Waals surface area contributed by atoms with Gasteiger partial charge in [0.05, 0.1) is 38.0 Å². The van der Waals surface area contributed by atoms with Gasteiger partial charge in [-0.15, -0.1) is 0 Å². The first kappa shape index (κ1) is 25.1. The number of methoxy groups -OCH3 is 2. The molecule has 1 amide bonds. The van der Waals surface area contributed by atoms with Crippen LogP contribution in [0.2, 0.25) is 5.02 Å². The Bertz CT molecular complexity index is 1350. The number of rotatable bonds is 7. The number of aryl methyl sites for hydroxylation is 1. The lowest BCUT2D eigenvalue weighted by Gasteiger charge is -2.26. The Hall–Kier alpha value is -3.97. The monoisotopic (exact) mass is 507 g/mol. The second-order valence-electron chi connectivity index (χ2n) is 8.19. The Morgan fingerprint density at radius 3 is 2.25 bits per heavy atom. The molecule has 1 heterocycles. The molecule has 1 aliphatic rings. The molecule has 3 aromatic rings. The molecule has 0 radical (unpaired) electrons. The second-order valence-corrected chi connectivity index (χ2v) is 8.63. The van der Waals surface area contributed by atoms with E-state index in [2.05, 4.69) is 0 Å².